The van der Waals surface area contributed by atoms with Gasteiger partial charge < -0.3 is 4.90 Å². The molecule has 0 radical (unpaired) electrons. The molecule has 0 saturated carbocycles. The van der Waals surface area contributed by atoms with Gasteiger partial charge in [-0.3, -0.25) is 4.90 Å². The Morgan fingerprint density at radius 2 is 1.84 bits per heavy atom. The molecule has 0 N–H and O–H groups in total. The Labute approximate surface area is 149 Å². The third-order valence-corrected chi connectivity index (χ3v) is 5.73. The number of anilines is 1. The minimum absolute atomic E-state index is 0.426. The van der Waals surface area contributed by atoms with Crippen LogP contribution in [-0.2, 0) is 6.54 Å². The summed E-state index contributed by atoms with van der Waals surface area (Å²) in [7, 11) is 0. The zero-order valence-corrected chi connectivity index (χ0v) is 15.1. The van der Waals surface area contributed by atoms with Crippen molar-refractivity contribution in [3.8, 4) is 0 Å². The summed E-state index contributed by atoms with van der Waals surface area (Å²) in [5.74, 6) is 0.992. The number of piperidine rings is 1. The summed E-state index contributed by atoms with van der Waals surface area (Å²) in [4.78, 5) is 4.97. The number of likely N-dealkylation sites (tertiary alicyclic amines) is 1. The first kappa shape index (κ1) is 16.5. The van der Waals surface area contributed by atoms with Crippen molar-refractivity contribution in [3.63, 3.8) is 0 Å². The van der Waals surface area contributed by atoms with Crippen molar-refractivity contribution >= 4 is 5.95 Å². The van der Waals surface area contributed by atoms with Gasteiger partial charge in [-0.25, -0.2) is 4.68 Å². The Bertz CT molecular complexity index is 662. The summed E-state index contributed by atoms with van der Waals surface area (Å²) in [6.07, 6.45) is 5.92. The summed E-state index contributed by atoms with van der Waals surface area (Å²) in [5, 5.41) is 12.7. The van der Waals surface area contributed by atoms with Gasteiger partial charge in [0.25, 0.3) is 0 Å². The number of hydrogen-bond acceptors (Lipinski definition) is 5. The second kappa shape index (κ2) is 7.52. The van der Waals surface area contributed by atoms with Crippen LogP contribution >= 0.6 is 0 Å². The molecule has 2 saturated heterocycles. The first-order valence-corrected chi connectivity index (χ1v) is 9.66. The van der Waals surface area contributed by atoms with Crippen molar-refractivity contribution in [2.75, 3.05) is 24.5 Å². The van der Waals surface area contributed by atoms with Crippen LogP contribution in [0.2, 0.25) is 0 Å². The number of hydrogen-bond donors (Lipinski definition) is 0. The number of rotatable bonds is 5. The average molecular weight is 340 g/mol. The molecule has 2 fully saturated rings. The summed E-state index contributed by atoms with van der Waals surface area (Å²) in [6, 6.07) is 11.8. The van der Waals surface area contributed by atoms with Crippen LogP contribution in [0.25, 0.3) is 0 Å². The second-order valence-electron chi connectivity index (χ2n) is 7.31. The SMILES string of the molecule is CCC1CCCN1c1nnnn1C1CCN(Cc2ccccc2)CC1. The second-order valence-corrected chi connectivity index (χ2v) is 7.31. The molecule has 6 heteroatoms. The molecule has 0 aliphatic carbocycles. The van der Waals surface area contributed by atoms with Crippen LogP contribution in [0.5, 0.6) is 0 Å². The Morgan fingerprint density at radius 3 is 2.60 bits per heavy atom. The fourth-order valence-electron chi connectivity index (χ4n) is 4.30. The van der Waals surface area contributed by atoms with E-state index in [1.165, 1.54) is 24.8 Å². The predicted molar refractivity (Wildman–Crippen MR) is 98.5 cm³/mol. The Balaban J connectivity index is 1.39. The van der Waals surface area contributed by atoms with E-state index in [9.17, 15) is 0 Å². The monoisotopic (exact) mass is 340 g/mol. The Morgan fingerprint density at radius 1 is 1.04 bits per heavy atom. The maximum Gasteiger partial charge on any atom is 0.246 e. The van der Waals surface area contributed by atoms with Gasteiger partial charge in [0.1, 0.15) is 0 Å². The molecule has 1 atom stereocenters. The van der Waals surface area contributed by atoms with Gasteiger partial charge in [-0.05, 0) is 48.1 Å². The van der Waals surface area contributed by atoms with Gasteiger partial charge in [0.2, 0.25) is 5.95 Å². The average Bonchev–Trinajstić information content (AvgIpc) is 3.32. The van der Waals surface area contributed by atoms with Crippen LogP contribution in [0, 0.1) is 0 Å². The maximum atomic E-state index is 4.37. The molecule has 6 nitrogen and oxygen atoms in total. The molecule has 0 spiro atoms. The zero-order valence-electron chi connectivity index (χ0n) is 15.1. The minimum Gasteiger partial charge on any atom is -0.337 e. The van der Waals surface area contributed by atoms with E-state index in [0.717, 1.165) is 45.0 Å². The van der Waals surface area contributed by atoms with Gasteiger partial charge in [0.15, 0.2) is 0 Å². The molecule has 3 heterocycles. The van der Waals surface area contributed by atoms with Crippen LogP contribution < -0.4 is 4.90 Å². The van der Waals surface area contributed by atoms with E-state index >= 15 is 0 Å². The van der Waals surface area contributed by atoms with Gasteiger partial charge in [-0.1, -0.05) is 42.4 Å². The highest BCUT2D eigenvalue weighted by Crippen LogP contribution is 2.30. The number of tetrazole rings is 1. The van der Waals surface area contributed by atoms with Crippen molar-refractivity contribution in [1.82, 2.24) is 25.1 Å². The summed E-state index contributed by atoms with van der Waals surface area (Å²) in [5.41, 5.74) is 1.40. The van der Waals surface area contributed by atoms with E-state index in [1.54, 1.807) is 0 Å². The van der Waals surface area contributed by atoms with Crippen LogP contribution in [0.4, 0.5) is 5.95 Å². The largest absolute Gasteiger partial charge is 0.337 e. The fourth-order valence-corrected chi connectivity index (χ4v) is 4.30. The van der Waals surface area contributed by atoms with E-state index in [-0.39, 0.29) is 0 Å². The van der Waals surface area contributed by atoms with Gasteiger partial charge >= 0.3 is 0 Å². The summed E-state index contributed by atoms with van der Waals surface area (Å²) in [6.45, 7) is 6.61. The lowest BCUT2D eigenvalue weighted by Gasteiger charge is -2.33. The molecule has 1 aromatic carbocycles. The van der Waals surface area contributed by atoms with Crippen molar-refractivity contribution in [3.05, 3.63) is 35.9 Å². The van der Waals surface area contributed by atoms with E-state index in [4.69, 9.17) is 0 Å². The predicted octanol–water partition coefficient (Wildman–Crippen LogP) is 2.89. The Hall–Kier alpha value is -1.95. The molecule has 4 rings (SSSR count). The lowest BCUT2D eigenvalue weighted by atomic mass is 10.0. The van der Waals surface area contributed by atoms with E-state index in [1.807, 2.05) is 0 Å². The highest BCUT2D eigenvalue weighted by atomic mass is 15.6. The molecule has 2 aliphatic rings. The smallest absolute Gasteiger partial charge is 0.246 e. The lowest BCUT2D eigenvalue weighted by Crippen LogP contribution is -2.37. The van der Waals surface area contributed by atoms with Crippen LogP contribution in [0.1, 0.15) is 50.6 Å². The van der Waals surface area contributed by atoms with Crippen LogP contribution in [0.3, 0.4) is 0 Å². The number of nitrogens with zero attached hydrogens (tertiary/aromatic N) is 6. The molecule has 0 bridgehead atoms. The van der Waals surface area contributed by atoms with E-state index in [0.29, 0.717) is 12.1 Å². The normalized spacial score (nSPS) is 22.6. The van der Waals surface area contributed by atoms with Gasteiger partial charge in [-0.2, -0.15) is 0 Å². The molecule has 2 aliphatic heterocycles. The summed E-state index contributed by atoms with van der Waals surface area (Å²) >= 11 is 0. The van der Waals surface area contributed by atoms with Crippen molar-refractivity contribution in [2.24, 2.45) is 0 Å². The molecule has 25 heavy (non-hydrogen) atoms. The number of benzene rings is 1. The molecule has 134 valence electrons. The summed E-state index contributed by atoms with van der Waals surface area (Å²) < 4.78 is 2.10. The van der Waals surface area contributed by atoms with Crippen molar-refractivity contribution < 1.29 is 0 Å². The lowest BCUT2D eigenvalue weighted by molar-refractivity contribution is 0.172. The molecular formula is C19H28N6. The minimum atomic E-state index is 0.426. The first-order chi connectivity index (χ1) is 12.3. The standard InChI is InChI=1S/C19H28N6/c1-2-17-9-6-12-24(17)19-20-21-22-25(19)18-10-13-23(14-11-18)15-16-7-4-3-5-8-16/h3-5,7-8,17-18H,2,6,9-15H2,1H3. The molecule has 1 unspecified atom stereocenters. The third-order valence-electron chi connectivity index (χ3n) is 5.73. The van der Waals surface area contributed by atoms with Crippen molar-refractivity contribution in [1.29, 1.82) is 0 Å². The first-order valence-electron chi connectivity index (χ1n) is 9.66. The van der Waals surface area contributed by atoms with Gasteiger partial charge in [0, 0.05) is 32.2 Å². The van der Waals surface area contributed by atoms with Crippen LogP contribution in [0.15, 0.2) is 30.3 Å². The number of aromatic nitrogens is 4. The van der Waals surface area contributed by atoms with E-state index in [2.05, 4.69) is 67.3 Å². The van der Waals surface area contributed by atoms with Gasteiger partial charge in [0.05, 0.1) is 6.04 Å². The van der Waals surface area contributed by atoms with Gasteiger partial charge in [-0.15, -0.1) is 0 Å². The molecule has 0 amide bonds. The quantitative estimate of drug-likeness (QED) is 0.838. The maximum absolute atomic E-state index is 4.37. The molecule has 2 aromatic rings. The topological polar surface area (TPSA) is 50.1 Å². The third kappa shape index (κ3) is 3.54. The Kier molecular flexibility index (Phi) is 4.97. The van der Waals surface area contributed by atoms with Crippen molar-refractivity contribution in [2.45, 2.75) is 57.7 Å². The highest BCUT2D eigenvalue weighted by Gasteiger charge is 2.31. The fraction of sp³-hybridized carbons (Fsp3) is 0.632. The van der Waals surface area contributed by atoms with E-state index < -0.39 is 0 Å². The van der Waals surface area contributed by atoms with Crippen LogP contribution in [-0.4, -0.2) is 50.8 Å². The molecule has 1 aromatic heterocycles. The highest BCUT2D eigenvalue weighted by molar-refractivity contribution is 5.32. The zero-order chi connectivity index (χ0) is 17.1. The molecular weight excluding hydrogens is 312 g/mol.